The molecule has 0 spiro atoms. The number of nitrogens with one attached hydrogen (secondary N) is 1. The molecule has 2 aromatic heterocycles. The summed E-state index contributed by atoms with van der Waals surface area (Å²) in [5, 5.41) is 7.75. The summed E-state index contributed by atoms with van der Waals surface area (Å²) >= 11 is 0. The van der Waals surface area contributed by atoms with Crippen LogP contribution in [0.1, 0.15) is 5.56 Å². The van der Waals surface area contributed by atoms with Crippen molar-refractivity contribution in [1.29, 1.82) is 0 Å². The summed E-state index contributed by atoms with van der Waals surface area (Å²) in [5.41, 5.74) is 1.73. The van der Waals surface area contributed by atoms with Crippen LogP contribution in [-0.4, -0.2) is 25.0 Å². The molecular formula is C12H11N5O. The van der Waals surface area contributed by atoms with Gasteiger partial charge in [0, 0.05) is 0 Å². The minimum atomic E-state index is -0.187. The normalized spacial score (nSPS) is 10.9. The second-order valence-corrected chi connectivity index (χ2v) is 3.95. The molecule has 0 amide bonds. The van der Waals surface area contributed by atoms with Crippen LogP contribution < -0.4 is 5.56 Å². The van der Waals surface area contributed by atoms with Crippen LogP contribution in [0.5, 0.6) is 0 Å². The minimum Gasteiger partial charge on any atom is -0.339 e. The molecule has 6 nitrogen and oxygen atoms in total. The SMILES string of the molecule is O=c1c2[nH]cnc2nnn1CCc1ccccc1. The van der Waals surface area contributed by atoms with Gasteiger partial charge < -0.3 is 4.98 Å². The van der Waals surface area contributed by atoms with Gasteiger partial charge in [0.25, 0.3) is 5.56 Å². The third kappa shape index (κ3) is 1.88. The molecule has 0 aliphatic heterocycles. The molecule has 0 radical (unpaired) electrons. The fourth-order valence-corrected chi connectivity index (χ4v) is 1.81. The van der Waals surface area contributed by atoms with Gasteiger partial charge in [-0.05, 0) is 12.0 Å². The number of imidazole rings is 1. The fourth-order valence-electron chi connectivity index (χ4n) is 1.81. The summed E-state index contributed by atoms with van der Waals surface area (Å²) in [6.45, 7) is 0.505. The maximum absolute atomic E-state index is 12.0. The maximum atomic E-state index is 12.0. The number of nitrogens with zero attached hydrogens (tertiary/aromatic N) is 4. The van der Waals surface area contributed by atoms with Crippen LogP contribution in [0.25, 0.3) is 11.2 Å². The van der Waals surface area contributed by atoms with Crippen molar-refractivity contribution in [2.45, 2.75) is 13.0 Å². The van der Waals surface area contributed by atoms with Crippen LogP contribution >= 0.6 is 0 Å². The van der Waals surface area contributed by atoms with E-state index in [4.69, 9.17) is 0 Å². The molecule has 0 fully saturated rings. The van der Waals surface area contributed by atoms with E-state index in [-0.39, 0.29) is 5.56 Å². The molecule has 0 aliphatic carbocycles. The van der Waals surface area contributed by atoms with Crippen molar-refractivity contribution in [3.05, 3.63) is 52.6 Å². The van der Waals surface area contributed by atoms with E-state index >= 15 is 0 Å². The highest BCUT2D eigenvalue weighted by atomic mass is 16.1. The molecule has 18 heavy (non-hydrogen) atoms. The highest BCUT2D eigenvalue weighted by Gasteiger charge is 2.07. The monoisotopic (exact) mass is 241 g/mol. The first-order chi connectivity index (χ1) is 8.84. The van der Waals surface area contributed by atoms with Crippen molar-refractivity contribution in [2.75, 3.05) is 0 Å². The summed E-state index contributed by atoms with van der Waals surface area (Å²) in [7, 11) is 0. The van der Waals surface area contributed by atoms with Crippen molar-refractivity contribution >= 4 is 11.2 Å². The zero-order chi connectivity index (χ0) is 12.4. The molecule has 3 rings (SSSR count). The van der Waals surface area contributed by atoms with E-state index in [0.717, 1.165) is 12.0 Å². The Balaban J connectivity index is 1.87. The van der Waals surface area contributed by atoms with Gasteiger partial charge in [0.1, 0.15) is 0 Å². The number of hydrogen-bond acceptors (Lipinski definition) is 4. The van der Waals surface area contributed by atoms with Crippen LogP contribution in [0.15, 0.2) is 41.5 Å². The van der Waals surface area contributed by atoms with Crippen molar-refractivity contribution in [2.24, 2.45) is 0 Å². The Morgan fingerprint density at radius 2 is 2.06 bits per heavy atom. The Labute approximate surface area is 102 Å². The lowest BCUT2D eigenvalue weighted by Crippen LogP contribution is -2.25. The number of aromatic amines is 1. The average molecular weight is 241 g/mol. The molecule has 6 heteroatoms. The quantitative estimate of drug-likeness (QED) is 0.734. The Hall–Kier alpha value is -2.50. The lowest BCUT2D eigenvalue weighted by atomic mass is 10.1. The van der Waals surface area contributed by atoms with E-state index < -0.39 is 0 Å². The Morgan fingerprint density at radius 3 is 2.89 bits per heavy atom. The molecule has 90 valence electrons. The second-order valence-electron chi connectivity index (χ2n) is 3.95. The van der Waals surface area contributed by atoms with Crippen molar-refractivity contribution in [3.8, 4) is 0 Å². The van der Waals surface area contributed by atoms with Crippen LogP contribution in [0.2, 0.25) is 0 Å². The van der Waals surface area contributed by atoms with Gasteiger partial charge in [-0.2, -0.15) is 0 Å². The van der Waals surface area contributed by atoms with E-state index in [1.165, 1.54) is 11.0 Å². The second kappa shape index (κ2) is 4.40. The van der Waals surface area contributed by atoms with Crippen molar-refractivity contribution in [1.82, 2.24) is 25.0 Å². The van der Waals surface area contributed by atoms with Gasteiger partial charge in [-0.25, -0.2) is 9.67 Å². The topological polar surface area (TPSA) is 76.5 Å². The predicted molar refractivity (Wildman–Crippen MR) is 66.1 cm³/mol. The molecule has 0 unspecified atom stereocenters. The van der Waals surface area contributed by atoms with Gasteiger partial charge in [0.2, 0.25) is 5.65 Å². The van der Waals surface area contributed by atoms with Gasteiger partial charge in [-0.1, -0.05) is 35.5 Å². The third-order valence-corrected chi connectivity index (χ3v) is 2.77. The summed E-state index contributed by atoms with van der Waals surface area (Å²) in [5.74, 6) is 0. The highest BCUT2D eigenvalue weighted by Crippen LogP contribution is 2.01. The van der Waals surface area contributed by atoms with E-state index in [2.05, 4.69) is 20.3 Å². The first kappa shape index (κ1) is 10.6. The zero-order valence-electron chi connectivity index (χ0n) is 9.58. The van der Waals surface area contributed by atoms with E-state index in [0.29, 0.717) is 17.7 Å². The number of H-pyrrole nitrogens is 1. The lowest BCUT2D eigenvalue weighted by Gasteiger charge is -2.02. The molecule has 0 bridgehead atoms. The Morgan fingerprint density at radius 1 is 1.22 bits per heavy atom. The first-order valence-corrected chi connectivity index (χ1v) is 5.65. The van der Waals surface area contributed by atoms with Gasteiger partial charge >= 0.3 is 0 Å². The van der Waals surface area contributed by atoms with Crippen LogP contribution in [0.3, 0.4) is 0 Å². The Bertz CT molecular complexity index is 716. The van der Waals surface area contributed by atoms with E-state index in [1.54, 1.807) is 0 Å². The van der Waals surface area contributed by atoms with Gasteiger partial charge in [-0.3, -0.25) is 4.79 Å². The van der Waals surface area contributed by atoms with Crippen LogP contribution in [-0.2, 0) is 13.0 Å². The lowest BCUT2D eigenvalue weighted by molar-refractivity contribution is 0.548. The number of fused-ring (bicyclic) bond motifs is 1. The zero-order valence-corrected chi connectivity index (χ0v) is 9.58. The molecule has 1 N–H and O–H groups in total. The Kier molecular flexibility index (Phi) is 2.60. The first-order valence-electron chi connectivity index (χ1n) is 5.65. The number of hydrogen-bond donors (Lipinski definition) is 1. The van der Waals surface area contributed by atoms with Crippen molar-refractivity contribution in [3.63, 3.8) is 0 Å². The molecule has 2 heterocycles. The molecule has 0 atom stereocenters. The van der Waals surface area contributed by atoms with Gasteiger partial charge in [0.05, 0.1) is 12.9 Å². The number of aryl methyl sites for hydroxylation is 2. The fraction of sp³-hybridized carbons (Fsp3) is 0.167. The van der Waals surface area contributed by atoms with Crippen LogP contribution in [0.4, 0.5) is 0 Å². The molecule has 0 saturated heterocycles. The molecule has 3 aromatic rings. The smallest absolute Gasteiger partial charge is 0.295 e. The van der Waals surface area contributed by atoms with Gasteiger partial charge in [0.15, 0.2) is 5.52 Å². The summed E-state index contributed by atoms with van der Waals surface area (Å²) in [6.07, 6.45) is 2.19. The maximum Gasteiger partial charge on any atom is 0.295 e. The highest BCUT2D eigenvalue weighted by molar-refractivity contribution is 5.67. The van der Waals surface area contributed by atoms with E-state index in [9.17, 15) is 4.79 Å². The minimum absolute atomic E-state index is 0.187. The number of benzene rings is 1. The molecule has 0 saturated carbocycles. The van der Waals surface area contributed by atoms with E-state index in [1.807, 2.05) is 30.3 Å². The predicted octanol–water partition coefficient (Wildman–Crippen LogP) is 0.757. The standard InChI is InChI=1S/C12H11N5O/c18-12-10-11(14-8-13-10)15-16-17(12)7-6-9-4-2-1-3-5-9/h1-5,8H,6-7H2,(H,13,14). The largest absolute Gasteiger partial charge is 0.339 e. The third-order valence-electron chi connectivity index (χ3n) is 2.77. The summed E-state index contributed by atoms with van der Waals surface area (Å²) < 4.78 is 1.35. The number of rotatable bonds is 3. The molecular weight excluding hydrogens is 230 g/mol. The average Bonchev–Trinajstić information content (AvgIpc) is 2.88. The summed E-state index contributed by atoms with van der Waals surface area (Å²) in [6, 6.07) is 9.95. The number of aromatic nitrogens is 5. The molecule has 0 aliphatic rings. The van der Waals surface area contributed by atoms with Gasteiger partial charge in [-0.15, -0.1) is 5.10 Å². The molecule has 1 aromatic carbocycles. The summed E-state index contributed by atoms with van der Waals surface area (Å²) in [4.78, 5) is 18.7. The van der Waals surface area contributed by atoms with Crippen LogP contribution in [0, 0.1) is 0 Å². The van der Waals surface area contributed by atoms with Crippen molar-refractivity contribution < 1.29 is 0 Å².